The third kappa shape index (κ3) is 1.38. The normalized spacial score (nSPS) is 10.6. The molecular formula is C9H6BrNO2S. The first-order valence-corrected chi connectivity index (χ1v) is 5.41. The van der Waals surface area contributed by atoms with Gasteiger partial charge in [0, 0.05) is 10.1 Å². The second-order valence-corrected chi connectivity index (χ2v) is 4.67. The van der Waals surface area contributed by atoms with Crippen LogP contribution >= 0.6 is 27.3 Å². The van der Waals surface area contributed by atoms with Gasteiger partial charge in [-0.2, -0.15) is 0 Å². The number of nitrogen functional groups attached to an aromatic ring is 1. The Balaban J connectivity index is 2.76. The van der Waals surface area contributed by atoms with E-state index in [4.69, 9.17) is 10.8 Å². The molecule has 0 aliphatic carbocycles. The maximum Gasteiger partial charge on any atom is 0.335 e. The van der Waals surface area contributed by atoms with Crippen molar-refractivity contribution in [2.45, 2.75) is 0 Å². The molecule has 5 heteroatoms. The van der Waals surface area contributed by atoms with E-state index < -0.39 is 5.97 Å². The fourth-order valence-corrected chi connectivity index (χ4v) is 2.77. The first-order chi connectivity index (χ1) is 6.59. The number of benzene rings is 1. The van der Waals surface area contributed by atoms with E-state index in [0.717, 1.165) is 14.6 Å². The first-order valence-electron chi connectivity index (χ1n) is 3.80. The number of rotatable bonds is 1. The second-order valence-electron chi connectivity index (χ2n) is 2.80. The van der Waals surface area contributed by atoms with Gasteiger partial charge in [-0.15, -0.1) is 11.3 Å². The molecule has 0 saturated carbocycles. The zero-order valence-corrected chi connectivity index (χ0v) is 9.35. The molecule has 3 nitrogen and oxygen atoms in total. The van der Waals surface area contributed by atoms with Crippen molar-refractivity contribution in [1.82, 2.24) is 0 Å². The van der Waals surface area contributed by atoms with Crippen LogP contribution in [0.4, 0.5) is 5.00 Å². The number of hydrogen-bond donors (Lipinski definition) is 2. The number of anilines is 1. The molecular weight excluding hydrogens is 266 g/mol. The molecule has 0 unspecified atom stereocenters. The van der Waals surface area contributed by atoms with E-state index in [9.17, 15) is 4.79 Å². The van der Waals surface area contributed by atoms with E-state index in [1.807, 2.05) is 0 Å². The molecule has 0 aliphatic heterocycles. The lowest BCUT2D eigenvalue weighted by molar-refractivity contribution is 0.0697. The average Bonchev–Trinajstić information content (AvgIpc) is 2.43. The van der Waals surface area contributed by atoms with E-state index in [0.29, 0.717) is 5.00 Å². The Hall–Kier alpha value is -1.07. The molecule has 0 amide bonds. The Morgan fingerprint density at radius 2 is 2.21 bits per heavy atom. The van der Waals surface area contributed by atoms with E-state index in [2.05, 4.69) is 15.9 Å². The zero-order valence-electron chi connectivity index (χ0n) is 6.95. The molecule has 0 radical (unpaired) electrons. The van der Waals surface area contributed by atoms with Gasteiger partial charge in [0.15, 0.2) is 0 Å². The summed E-state index contributed by atoms with van der Waals surface area (Å²) in [5.41, 5.74) is 5.98. The van der Waals surface area contributed by atoms with E-state index >= 15 is 0 Å². The molecule has 1 aromatic carbocycles. The number of carboxylic acids is 1. The van der Waals surface area contributed by atoms with Crippen molar-refractivity contribution in [2.75, 3.05) is 5.73 Å². The summed E-state index contributed by atoms with van der Waals surface area (Å²) in [4.78, 5) is 10.7. The van der Waals surface area contributed by atoms with Crippen LogP contribution in [0.5, 0.6) is 0 Å². The van der Waals surface area contributed by atoms with Crippen LogP contribution in [0.1, 0.15) is 10.4 Å². The van der Waals surface area contributed by atoms with Crippen molar-refractivity contribution in [3.05, 3.63) is 28.2 Å². The summed E-state index contributed by atoms with van der Waals surface area (Å²) in [5, 5.41) is 10.3. The van der Waals surface area contributed by atoms with Crippen LogP contribution in [0.15, 0.2) is 22.7 Å². The summed E-state index contributed by atoms with van der Waals surface area (Å²) in [5.74, 6) is -0.927. The smallest absolute Gasteiger partial charge is 0.335 e. The van der Waals surface area contributed by atoms with Gasteiger partial charge in [0.05, 0.1) is 10.0 Å². The maximum atomic E-state index is 10.7. The molecule has 0 atom stereocenters. The fourth-order valence-electron chi connectivity index (χ4n) is 1.22. The zero-order chi connectivity index (χ0) is 10.3. The summed E-state index contributed by atoms with van der Waals surface area (Å²) in [6, 6.07) is 4.96. The highest BCUT2D eigenvalue weighted by Gasteiger charge is 2.10. The largest absolute Gasteiger partial charge is 0.478 e. The fraction of sp³-hybridized carbons (Fsp3) is 0. The molecule has 0 aliphatic rings. The van der Waals surface area contributed by atoms with Gasteiger partial charge in [-0.25, -0.2) is 4.79 Å². The number of aromatic carboxylic acids is 1. The van der Waals surface area contributed by atoms with E-state index in [1.165, 1.54) is 11.3 Å². The van der Waals surface area contributed by atoms with Crippen molar-refractivity contribution in [2.24, 2.45) is 0 Å². The Labute approximate surface area is 92.3 Å². The van der Waals surface area contributed by atoms with Gasteiger partial charge < -0.3 is 10.8 Å². The Morgan fingerprint density at radius 1 is 1.50 bits per heavy atom. The highest BCUT2D eigenvalue weighted by Crippen LogP contribution is 2.37. The minimum atomic E-state index is -0.927. The lowest BCUT2D eigenvalue weighted by atomic mass is 10.2. The molecule has 0 fully saturated rings. The minimum absolute atomic E-state index is 0.274. The summed E-state index contributed by atoms with van der Waals surface area (Å²) in [6.07, 6.45) is 0. The number of hydrogen-bond acceptors (Lipinski definition) is 3. The third-order valence-electron chi connectivity index (χ3n) is 1.90. The molecule has 72 valence electrons. The number of fused-ring (bicyclic) bond motifs is 1. The first kappa shape index (κ1) is 9.48. The van der Waals surface area contributed by atoms with E-state index in [-0.39, 0.29) is 5.56 Å². The molecule has 0 spiro atoms. The Kier molecular flexibility index (Phi) is 2.20. The number of carboxylic acid groups (broad SMARTS) is 1. The quantitative estimate of drug-likeness (QED) is 0.838. The number of carbonyl (C=O) groups is 1. The van der Waals surface area contributed by atoms with E-state index in [1.54, 1.807) is 18.2 Å². The maximum absolute atomic E-state index is 10.7. The van der Waals surface area contributed by atoms with Crippen LogP contribution in [0, 0.1) is 0 Å². The molecule has 3 N–H and O–H groups in total. The molecule has 1 heterocycles. The standard InChI is InChI=1S/C9H6BrNO2S/c10-7-5-3-4(9(12)13)1-2-6(5)14-8(7)11/h1-3H,11H2,(H,12,13). The summed E-state index contributed by atoms with van der Waals surface area (Å²) in [6.45, 7) is 0. The van der Waals surface area contributed by atoms with Gasteiger partial charge in [-0.05, 0) is 34.1 Å². The Bertz CT molecular complexity index is 521. The lowest BCUT2D eigenvalue weighted by Crippen LogP contribution is -1.94. The molecule has 0 saturated heterocycles. The van der Waals surface area contributed by atoms with Gasteiger partial charge in [0.25, 0.3) is 0 Å². The van der Waals surface area contributed by atoms with Crippen molar-refractivity contribution in [3.63, 3.8) is 0 Å². The minimum Gasteiger partial charge on any atom is -0.478 e. The highest BCUT2D eigenvalue weighted by atomic mass is 79.9. The average molecular weight is 272 g/mol. The van der Waals surface area contributed by atoms with Crippen LogP contribution in [0.3, 0.4) is 0 Å². The summed E-state index contributed by atoms with van der Waals surface area (Å²) in [7, 11) is 0. The van der Waals surface area contributed by atoms with Gasteiger partial charge in [0.2, 0.25) is 0 Å². The predicted molar refractivity (Wildman–Crippen MR) is 60.9 cm³/mol. The van der Waals surface area contributed by atoms with Crippen molar-refractivity contribution < 1.29 is 9.90 Å². The van der Waals surface area contributed by atoms with Crippen LogP contribution in [-0.2, 0) is 0 Å². The van der Waals surface area contributed by atoms with Crippen LogP contribution in [0.2, 0.25) is 0 Å². The van der Waals surface area contributed by atoms with Gasteiger partial charge in [0.1, 0.15) is 5.00 Å². The number of nitrogens with two attached hydrogens (primary N) is 1. The SMILES string of the molecule is Nc1sc2ccc(C(=O)O)cc2c1Br. The van der Waals surface area contributed by atoms with Crippen LogP contribution in [-0.4, -0.2) is 11.1 Å². The topological polar surface area (TPSA) is 63.3 Å². The van der Waals surface area contributed by atoms with Gasteiger partial charge >= 0.3 is 5.97 Å². The summed E-state index contributed by atoms with van der Waals surface area (Å²) < 4.78 is 1.76. The third-order valence-corrected chi connectivity index (χ3v) is 4.02. The summed E-state index contributed by atoms with van der Waals surface area (Å²) >= 11 is 4.76. The molecule has 1 aromatic heterocycles. The number of halogens is 1. The predicted octanol–water partition coefficient (Wildman–Crippen LogP) is 2.94. The lowest BCUT2D eigenvalue weighted by Gasteiger charge is -1.94. The molecule has 2 rings (SSSR count). The highest BCUT2D eigenvalue weighted by molar-refractivity contribution is 9.10. The van der Waals surface area contributed by atoms with Gasteiger partial charge in [-0.1, -0.05) is 0 Å². The van der Waals surface area contributed by atoms with Crippen molar-refractivity contribution in [3.8, 4) is 0 Å². The molecule has 14 heavy (non-hydrogen) atoms. The van der Waals surface area contributed by atoms with Crippen molar-refractivity contribution in [1.29, 1.82) is 0 Å². The van der Waals surface area contributed by atoms with Crippen molar-refractivity contribution >= 4 is 48.3 Å². The molecule has 2 aromatic rings. The van der Waals surface area contributed by atoms with Crippen LogP contribution < -0.4 is 5.73 Å². The number of thiophene rings is 1. The Morgan fingerprint density at radius 3 is 2.86 bits per heavy atom. The second kappa shape index (κ2) is 3.25. The molecule has 0 bridgehead atoms. The van der Waals surface area contributed by atoms with Gasteiger partial charge in [-0.3, -0.25) is 0 Å². The van der Waals surface area contributed by atoms with Crippen LogP contribution in [0.25, 0.3) is 10.1 Å². The monoisotopic (exact) mass is 271 g/mol.